The highest BCUT2D eigenvalue weighted by Crippen LogP contribution is 2.22. The van der Waals surface area contributed by atoms with Crippen molar-refractivity contribution in [2.75, 3.05) is 0 Å². The standard InChI is InChI=1S/C21H16N2O4/c24-19-20(25)23(14-18-7-4-12-27-18)21(26)22(19)13-15-8-10-17(11-9-15)16-5-2-1-3-6-16/h1-12H,13-14H2. The second-order valence-electron chi connectivity index (χ2n) is 6.21. The molecule has 0 unspecified atom stereocenters. The van der Waals surface area contributed by atoms with Crippen molar-refractivity contribution in [2.45, 2.75) is 13.1 Å². The van der Waals surface area contributed by atoms with Crippen molar-refractivity contribution in [3.05, 3.63) is 84.3 Å². The number of hydrogen-bond acceptors (Lipinski definition) is 4. The first-order valence-corrected chi connectivity index (χ1v) is 8.47. The van der Waals surface area contributed by atoms with Crippen molar-refractivity contribution in [3.8, 4) is 11.1 Å². The molecule has 0 N–H and O–H groups in total. The van der Waals surface area contributed by atoms with Crippen LogP contribution in [0, 0.1) is 0 Å². The van der Waals surface area contributed by atoms with Gasteiger partial charge in [-0.3, -0.25) is 14.5 Å². The Kier molecular flexibility index (Phi) is 4.30. The Balaban J connectivity index is 1.49. The number of carbonyl (C=O) groups is 3. The van der Waals surface area contributed by atoms with Gasteiger partial charge in [-0.1, -0.05) is 54.6 Å². The molecule has 0 bridgehead atoms. The molecule has 1 aliphatic heterocycles. The maximum Gasteiger partial charge on any atom is 0.334 e. The van der Waals surface area contributed by atoms with Crippen LogP contribution in [0.15, 0.2) is 77.4 Å². The summed E-state index contributed by atoms with van der Waals surface area (Å²) in [5.41, 5.74) is 2.88. The van der Waals surface area contributed by atoms with E-state index in [0.29, 0.717) is 5.76 Å². The first-order valence-electron chi connectivity index (χ1n) is 8.47. The molecule has 0 atom stereocenters. The number of benzene rings is 2. The summed E-state index contributed by atoms with van der Waals surface area (Å²) in [4.78, 5) is 38.8. The SMILES string of the molecule is O=C1C(=O)N(Cc2ccco2)C(=O)N1Cc1ccc(-c2ccccc2)cc1. The summed E-state index contributed by atoms with van der Waals surface area (Å²) >= 11 is 0. The van der Waals surface area contributed by atoms with E-state index < -0.39 is 17.8 Å². The van der Waals surface area contributed by atoms with Crippen LogP contribution in [0.25, 0.3) is 11.1 Å². The van der Waals surface area contributed by atoms with E-state index >= 15 is 0 Å². The van der Waals surface area contributed by atoms with E-state index in [9.17, 15) is 14.4 Å². The van der Waals surface area contributed by atoms with Crippen LogP contribution in [0.2, 0.25) is 0 Å². The van der Waals surface area contributed by atoms with Gasteiger partial charge in [-0.2, -0.15) is 0 Å². The third-order valence-electron chi connectivity index (χ3n) is 4.43. The Morgan fingerprint density at radius 1 is 0.667 bits per heavy atom. The highest BCUT2D eigenvalue weighted by atomic mass is 16.3. The normalized spacial score (nSPS) is 14.3. The quantitative estimate of drug-likeness (QED) is 0.516. The fourth-order valence-corrected chi connectivity index (χ4v) is 3.00. The van der Waals surface area contributed by atoms with Crippen LogP contribution in [0.4, 0.5) is 4.79 Å². The minimum absolute atomic E-state index is 0.0487. The average Bonchev–Trinajstić information content (AvgIpc) is 3.29. The van der Waals surface area contributed by atoms with Gasteiger partial charge in [-0.25, -0.2) is 9.69 Å². The number of urea groups is 1. The molecule has 4 rings (SSSR count). The van der Waals surface area contributed by atoms with Gasteiger partial charge in [0.25, 0.3) is 0 Å². The molecule has 2 aromatic carbocycles. The maximum atomic E-state index is 12.5. The second-order valence-corrected chi connectivity index (χ2v) is 6.21. The van der Waals surface area contributed by atoms with Gasteiger partial charge < -0.3 is 4.42 Å². The fourth-order valence-electron chi connectivity index (χ4n) is 3.00. The molecule has 27 heavy (non-hydrogen) atoms. The molecule has 1 fully saturated rings. The zero-order chi connectivity index (χ0) is 18.8. The van der Waals surface area contributed by atoms with Crippen LogP contribution in [0.3, 0.4) is 0 Å². The predicted octanol–water partition coefficient (Wildman–Crippen LogP) is 3.44. The van der Waals surface area contributed by atoms with Crippen LogP contribution in [-0.4, -0.2) is 27.6 Å². The average molecular weight is 360 g/mol. The van der Waals surface area contributed by atoms with Crippen LogP contribution >= 0.6 is 0 Å². The van der Waals surface area contributed by atoms with E-state index in [2.05, 4.69) is 0 Å². The minimum atomic E-state index is -0.836. The van der Waals surface area contributed by atoms with Gasteiger partial charge in [0.2, 0.25) is 0 Å². The minimum Gasteiger partial charge on any atom is -0.467 e. The number of amides is 4. The monoisotopic (exact) mass is 360 g/mol. The van der Waals surface area contributed by atoms with Gasteiger partial charge in [0.15, 0.2) is 0 Å². The zero-order valence-electron chi connectivity index (χ0n) is 14.4. The molecule has 1 aromatic heterocycles. The Morgan fingerprint density at radius 3 is 1.93 bits per heavy atom. The topological polar surface area (TPSA) is 70.8 Å². The molecule has 0 saturated carbocycles. The molecule has 6 heteroatoms. The molecule has 134 valence electrons. The molecule has 1 saturated heterocycles. The summed E-state index contributed by atoms with van der Waals surface area (Å²) in [6.45, 7) is -0.00696. The van der Waals surface area contributed by atoms with Gasteiger partial charge in [0.05, 0.1) is 19.4 Å². The van der Waals surface area contributed by atoms with Crippen LogP contribution in [0.5, 0.6) is 0 Å². The summed E-state index contributed by atoms with van der Waals surface area (Å²) in [5, 5.41) is 0. The molecule has 0 radical (unpaired) electrons. The number of rotatable bonds is 5. The van der Waals surface area contributed by atoms with E-state index in [1.165, 1.54) is 6.26 Å². The highest BCUT2D eigenvalue weighted by Gasteiger charge is 2.44. The van der Waals surface area contributed by atoms with E-state index in [4.69, 9.17) is 4.42 Å². The van der Waals surface area contributed by atoms with E-state index in [-0.39, 0.29) is 13.1 Å². The van der Waals surface area contributed by atoms with E-state index in [1.54, 1.807) is 12.1 Å². The Labute approximate surface area is 155 Å². The van der Waals surface area contributed by atoms with Crippen LogP contribution < -0.4 is 0 Å². The third kappa shape index (κ3) is 3.25. The van der Waals surface area contributed by atoms with Gasteiger partial charge >= 0.3 is 17.8 Å². The lowest BCUT2D eigenvalue weighted by molar-refractivity contribution is -0.143. The maximum absolute atomic E-state index is 12.5. The lowest BCUT2D eigenvalue weighted by atomic mass is 10.0. The highest BCUT2D eigenvalue weighted by molar-refractivity contribution is 6.44. The molecular formula is C21H16N2O4. The Hall–Kier alpha value is -3.67. The molecule has 1 aliphatic rings. The van der Waals surface area contributed by atoms with Crippen molar-refractivity contribution >= 4 is 17.8 Å². The van der Waals surface area contributed by atoms with E-state index in [1.807, 2.05) is 54.6 Å². The smallest absolute Gasteiger partial charge is 0.334 e. The van der Waals surface area contributed by atoms with E-state index in [0.717, 1.165) is 26.5 Å². The first-order chi connectivity index (χ1) is 13.1. The lowest BCUT2D eigenvalue weighted by Gasteiger charge is -2.15. The molecular weight excluding hydrogens is 344 g/mol. The molecule has 3 aromatic rings. The van der Waals surface area contributed by atoms with Crippen molar-refractivity contribution < 1.29 is 18.8 Å². The van der Waals surface area contributed by atoms with Crippen molar-refractivity contribution in [2.24, 2.45) is 0 Å². The largest absolute Gasteiger partial charge is 0.467 e. The fraction of sp³-hybridized carbons (Fsp3) is 0.0952. The second kappa shape index (κ2) is 6.92. The number of imide groups is 2. The number of hydrogen-bond donors (Lipinski definition) is 0. The molecule has 0 spiro atoms. The van der Waals surface area contributed by atoms with Crippen molar-refractivity contribution in [1.82, 2.24) is 9.80 Å². The van der Waals surface area contributed by atoms with Crippen molar-refractivity contribution in [1.29, 1.82) is 0 Å². The Morgan fingerprint density at radius 2 is 1.30 bits per heavy atom. The van der Waals surface area contributed by atoms with Gasteiger partial charge in [-0.05, 0) is 28.8 Å². The number of nitrogens with zero attached hydrogens (tertiary/aromatic N) is 2. The lowest BCUT2D eigenvalue weighted by Crippen LogP contribution is -2.32. The summed E-state index contributed by atoms with van der Waals surface area (Å²) in [6, 6.07) is 20.1. The van der Waals surface area contributed by atoms with Crippen LogP contribution in [-0.2, 0) is 22.7 Å². The van der Waals surface area contributed by atoms with Gasteiger partial charge in [0, 0.05) is 0 Å². The molecule has 0 aliphatic carbocycles. The zero-order valence-corrected chi connectivity index (χ0v) is 14.4. The van der Waals surface area contributed by atoms with Gasteiger partial charge in [-0.15, -0.1) is 0 Å². The van der Waals surface area contributed by atoms with Gasteiger partial charge in [0.1, 0.15) is 5.76 Å². The first kappa shape index (κ1) is 16.8. The predicted molar refractivity (Wildman–Crippen MR) is 97.1 cm³/mol. The summed E-state index contributed by atoms with van der Waals surface area (Å²) in [6.07, 6.45) is 1.45. The summed E-state index contributed by atoms with van der Waals surface area (Å²) in [5.74, 6) is -1.21. The summed E-state index contributed by atoms with van der Waals surface area (Å²) in [7, 11) is 0. The Bertz CT molecular complexity index is 979. The van der Waals surface area contributed by atoms with Crippen LogP contribution in [0.1, 0.15) is 11.3 Å². The molecule has 4 amide bonds. The summed E-state index contributed by atoms with van der Waals surface area (Å²) < 4.78 is 5.16. The van der Waals surface area contributed by atoms with Crippen molar-refractivity contribution in [3.63, 3.8) is 0 Å². The number of furan rings is 1. The molecule has 2 heterocycles. The number of carbonyl (C=O) groups excluding carboxylic acids is 3. The molecule has 6 nitrogen and oxygen atoms in total. The third-order valence-corrected chi connectivity index (χ3v) is 4.43.